The first kappa shape index (κ1) is 18.0. The van der Waals surface area contributed by atoms with Crippen molar-refractivity contribution in [2.75, 3.05) is 13.6 Å². The molecule has 2 N–H and O–H groups in total. The first-order valence-corrected chi connectivity index (χ1v) is 8.69. The van der Waals surface area contributed by atoms with Gasteiger partial charge in [-0.15, -0.1) is 10.2 Å². The molecule has 0 spiro atoms. The van der Waals surface area contributed by atoms with Gasteiger partial charge in [0.05, 0.1) is 13.1 Å². The van der Waals surface area contributed by atoms with Crippen molar-refractivity contribution in [1.29, 1.82) is 0 Å². The van der Waals surface area contributed by atoms with E-state index in [-0.39, 0.29) is 6.10 Å². The summed E-state index contributed by atoms with van der Waals surface area (Å²) in [5.74, 6) is 2.22. The lowest BCUT2D eigenvalue weighted by atomic mass is 10.3. The molecule has 0 fully saturated rings. The van der Waals surface area contributed by atoms with Crippen molar-refractivity contribution >= 4 is 23.2 Å². The minimum absolute atomic E-state index is 0.0547. The Morgan fingerprint density at radius 1 is 1.23 bits per heavy atom. The fraction of sp³-hybridized carbons (Fsp3) is 0.278. The van der Waals surface area contributed by atoms with E-state index in [4.69, 9.17) is 16.3 Å². The molecule has 0 amide bonds. The standard InChI is InChI=1S/C18H21ClN6O/c1-13(26-15-7-5-6-14(19)10-15)11-21-18(20-2)22-12-17-24-23-16-8-3-4-9-25(16)17/h3-10,13H,11-12H2,1-2H3,(H2,20,21,22). The highest BCUT2D eigenvalue weighted by atomic mass is 35.5. The monoisotopic (exact) mass is 372 g/mol. The van der Waals surface area contributed by atoms with Crippen LogP contribution in [0.3, 0.4) is 0 Å². The van der Waals surface area contributed by atoms with Gasteiger partial charge in [0.1, 0.15) is 11.9 Å². The maximum atomic E-state index is 5.97. The van der Waals surface area contributed by atoms with Gasteiger partial charge in [-0.2, -0.15) is 0 Å². The molecule has 2 aromatic heterocycles. The number of aliphatic imine (C=N–C) groups is 1. The van der Waals surface area contributed by atoms with Crippen LogP contribution in [-0.2, 0) is 6.54 Å². The van der Waals surface area contributed by atoms with E-state index in [9.17, 15) is 0 Å². The Balaban J connectivity index is 1.50. The minimum atomic E-state index is -0.0547. The summed E-state index contributed by atoms with van der Waals surface area (Å²) in [6, 6.07) is 13.1. The summed E-state index contributed by atoms with van der Waals surface area (Å²) in [6.07, 6.45) is 1.88. The Morgan fingerprint density at radius 2 is 2.12 bits per heavy atom. The predicted molar refractivity (Wildman–Crippen MR) is 103 cm³/mol. The van der Waals surface area contributed by atoms with Crippen LogP contribution in [0.1, 0.15) is 12.7 Å². The summed E-state index contributed by atoms with van der Waals surface area (Å²) in [5.41, 5.74) is 0.816. The molecule has 0 aliphatic rings. The summed E-state index contributed by atoms with van der Waals surface area (Å²) in [4.78, 5) is 4.22. The van der Waals surface area contributed by atoms with E-state index in [1.54, 1.807) is 13.1 Å². The number of aromatic nitrogens is 3. The first-order valence-electron chi connectivity index (χ1n) is 8.31. The number of guanidine groups is 1. The fourth-order valence-electron chi connectivity index (χ4n) is 2.45. The van der Waals surface area contributed by atoms with E-state index in [0.717, 1.165) is 17.2 Å². The first-order chi connectivity index (χ1) is 12.7. The minimum Gasteiger partial charge on any atom is -0.489 e. The van der Waals surface area contributed by atoms with Gasteiger partial charge in [0.15, 0.2) is 17.4 Å². The van der Waals surface area contributed by atoms with Crippen LogP contribution < -0.4 is 15.4 Å². The number of pyridine rings is 1. The molecule has 1 unspecified atom stereocenters. The van der Waals surface area contributed by atoms with Crippen LogP contribution >= 0.6 is 11.6 Å². The average Bonchev–Trinajstić information content (AvgIpc) is 3.05. The van der Waals surface area contributed by atoms with Gasteiger partial charge < -0.3 is 15.4 Å². The summed E-state index contributed by atoms with van der Waals surface area (Å²) >= 11 is 5.97. The molecule has 0 radical (unpaired) electrons. The van der Waals surface area contributed by atoms with Crippen LogP contribution in [0.15, 0.2) is 53.7 Å². The molecule has 0 aliphatic heterocycles. The average molecular weight is 373 g/mol. The third-order valence-corrected chi connectivity index (χ3v) is 3.95. The van der Waals surface area contributed by atoms with Crippen molar-refractivity contribution in [3.05, 3.63) is 59.5 Å². The number of rotatable bonds is 6. The quantitative estimate of drug-likeness (QED) is 0.513. The normalized spacial score (nSPS) is 12.8. The lowest BCUT2D eigenvalue weighted by Gasteiger charge is -2.17. The Bertz CT molecular complexity index is 894. The lowest BCUT2D eigenvalue weighted by Crippen LogP contribution is -2.41. The molecular weight excluding hydrogens is 352 g/mol. The summed E-state index contributed by atoms with van der Waals surface area (Å²) in [5, 5.41) is 15.4. The van der Waals surface area contributed by atoms with Gasteiger partial charge in [-0.05, 0) is 37.3 Å². The van der Waals surface area contributed by atoms with Crippen LogP contribution in [0, 0.1) is 0 Å². The van der Waals surface area contributed by atoms with E-state index >= 15 is 0 Å². The molecule has 1 atom stereocenters. The molecule has 7 nitrogen and oxygen atoms in total. The van der Waals surface area contributed by atoms with Crippen LogP contribution in [0.25, 0.3) is 5.65 Å². The van der Waals surface area contributed by atoms with Crippen molar-refractivity contribution in [2.45, 2.75) is 19.6 Å². The van der Waals surface area contributed by atoms with E-state index in [1.807, 2.05) is 53.9 Å². The molecule has 0 saturated carbocycles. The number of hydrogen-bond acceptors (Lipinski definition) is 4. The third kappa shape index (κ3) is 4.64. The molecule has 8 heteroatoms. The van der Waals surface area contributed by atoms with Gasteiger partial charge in [-0.3, -0.25) is 9.39 Å². The van der Waals surface area contributed by atoms with Gasteiger partial charge in [-0.25, -0.2) is 0 Å². The van der Waals surface area contributed by atoms with Gasteiger partial charge in [0.25, 0.3) is 0 Å². The number of ether oxygens (including phenoxy) is 1. The second-order valence-electron chi connectivity index (χ2n) is 5.74. The van der Waals surface area contributed by atoms with Gasteiger partial charge >= 0.3 is 0 Å². The van der Waals surface area contributed by atoms with Crippen LogP contribution in [-0.4, -0.2) is 40.3 Å². The number of benzene rings is 1. The highest BCUT2D eigenvalue weighted by Gasteiger charge is 2.08. The second-order valence-corrected chi connectivity index (χ2v) is 6.17. The zero-order chi connectivity index (χ0) is 18.4. The molecule has 3 aromatic rings. The highest BCUT2D eigenvalue weighted by Crippen LogP contribution is 2.18. The van der Waals surface area contributed by atoms with Crippen molar-refractivity contribution in [3.63, 3.8) is 0 Å². The van der Waals surface area contributed by atoms with E-state index in [1.165, 1.54) is 0 Å². The van der Waals surface area contributed by atoms with Crippen molar-refractivity contribution in [3.8, 4) is 5.75 Å². The second kappa shape index (κ2) is 8.53. The van der Waals surface area contributed by atoms with Crippen molar-refractivity contribution < 1.29 is 4.74 Å². The van der Waals surface area contributed by atoms with Crippen LogP contribution in [0.5, 0.6) is 5.75 Å². The Hall–Kier alpha value is -2.80. The lowest BCUT2D eigenvalue weighted by molar-refractivity contribution is 0.224. The highest BCUT2D eigenvalue weighted by molar-refractivity contribution is 6.30. The zero-order valence-electron chi connectivity index (χ0n) is 14.7. The molecule has 1 aromatic carbocycles. The largest absolute Gasteiger partial charge is 0.489 e. The van der Waals surface area contributed by atoms with E-state index in [0.29, 0.717) is 24.1 Å². The zero-order valence-corrected chi connectivity index (χ0v) is 15.4. The van der Waals surface area contributed by atoms with Crippen molar-refractivity contribution in [2.24, 2.45) is 4.99 Å². The molecule has 0 saturated heterocycles. The molecular formula is C18H21ClN6O. The van der Waals surface area contributed by atoms with Crippen LogP contribution in [0.2, 0.25) is 5.02 Å². The van der Waals surface area contributed by atoms with Gasteiger partial charge in [-0.1, -0.05) is 23.7 Å². The third-order valence-electron chi connectivity index (χ3n) is 3.71. The van der Waals surface area contributed by atoms with Gasteiger partial charge in [0.2, 0.25) is 0 Å². The summed E-state index contributed by atoms with van der Waals surface area (Å²) in [6.45, 7) is 3.08. The molecule has 26 heavy (non-hydrogen) atoms. The molecule has 3 rings (SSSR count). The van der Waals surface area contributed by atoms with E-state index in [2.05, 4.69) is 25.8 Å². The topological polar surface area (TPSA) is 75.8 Å². The SMILES string of the molecule is CN=C(NCc1nnc2ccccn12)NCC(C)Oc1cccc(Cl)c1. The fourth-order valence-corrected chi connectivity index (χ4v) is 2.63. The van der Waals surface area contributed by atoms with Gasteiger partial charge in [0, 0.05) is 18.3 Å². The molecule has 136 valence electrons. The number of halogens is 1. The van der Waals surface area contributed by atoms with E-state index < -0.39 is 0 Å². The predicted octanol–water partition coefficient (Wildman–Crippen LogP) is 2.52. The Kier molecular flexibility index (Phi) is 5.91. The maximum absolute atomic E-state index is 5.97. The molecule has 2 heterocycles. The number of hydrogen-bond donors (Lipinski definition) is 2. The Labute approximate surface area is 157 Å². The maximum Gasteiger partial charge on any atom is 0.191 e. The number of fused-ring (bicyclic) bond motifs is 1. The smallest absolute Gasteiger partial charge is 0.191 e. The van der Waals surface area contributed by atoms with Crippen LogP contribution in [0.4, 0.5) is 0 Å². The Morgan fingerprint density at radius 3 is 2.92 bits per heavy atom. The summed E-state index contributed by atoms with van der Waals surface area (Å²) in [7, 11) is 1.72. The number of nitrogens with zero attached hydrogens (tertiary/aromatic N) is 4. The summed E-state index contributed by atoms with van der Waals surface area (Å²) < 4.78 is 7.78. The molecule has 0 aliphatic carbocycles. The number of nitrogens with one attached hydrogen (secondary N) is 2. The van der Waals surface area contributed by atoms with Crippen molar-refractivity contribution in [1.82, 2.24) is 25.2 Å². The molecule has 0 bridgehead atoms.